The molecule has 1 heterocycles. The Morgan fingerprint density at radius 2 is 1.94 bits per heavy atom. The van der Waals surface area contributed by atoms with Gasteiger partial charge in [-0.05, 0) is 18.1 Å². The number of nitrogens with one attached hydrogen (secondary N) is 1. The van der Waals surface area contributed by atoms with Crippen LogP contribution in [0.15, 0.2) is 12.1 Å². The monoisotopic (exact) mass is 254 g/mol. The van der Waals surface area contributed by atoms with Crippen molar-refractivity contribution in [3.63, 3.8) is 0 Å². The molecule has 6 nitrogen and oxygen atoms in total. The summed E-state index contributed by atoms with van der Waals surface area (Å²) in [6, 6.07) is 2.35. The lowest BCUT2D eigenvalue weighted by Crippen LogP contribution is -2.28. The fraction of sp³-hybridized carbons (Fsp3) is 0.500. The number of nitrogens with zero attached hydrogens (tertiary/aromatic N) is 1. The summed E-state index contributed by atoms with van der Waals surface area (Å²) in [6.45, 7) is 3.31. The van der Waals surface area contributed by atoms with Crippen LogP contribution in [0.2, 0.25) is 0 Å². The standard InChI is InChI=1S/C12H18N2O4/c1-7(2)10-3-8(12(17)18)4-11(14-10)13-9(5-15)6-16/h3-4,7,9,15-16H,5-6H2,1-2H3,(H,13,14)(H,17,18). The topological polar surface area (TPSA) is 103 Å². The number of carboxylic acids is 1. The average molecular weight is 254 g/mol. The van der Waals surface area contributed by atoms with Crippen molar-refractivity contribution >= 4 is 11.8 Å². The molecule has 1 rings (SSSR count). The summed E-state index contributed by atoms with van der Waals surface area (Å²) in [5.74, 6) is -0.606. The Hall–Kier alpha value is -1.66. The van der Waals surface area contributed by atoms with Crippen molar-refractivity contribution in [2.45, 2.75) is 25.8 Å². The molecule has 100 valence electrons. The first kappa shape index (κ1) is 14.4. The van der Waals surface area contributed by atoms with Crippen LogP contribution in [0.25, 0.3) is 0 Å². The molecule has 0 atom stereocenters. The zero-order valence-corrected chi connectivity index (χ0v) is 10.4. The third-order valence-corrected chi connectivity index (χ3v) is 2.48. The average Bonchev–Trinajstić information content (AvgIpc) is 2.35. The third-order valence-electron chi connectivity index (χ3n) is 2.48. The van der Waals surface area contributed by atoms with Crippen LogP contribution in [0.5, 0.6) is 0 Å². The maximum absolute atomic E-state index is 11.0. The number of rotatable bonds is 6. The van der Waals surface area contributed by atoms with Gasteiger partial charge in [0, 0.05) is 5.69 Å². The lowest BCUT2D eigenvalue weighted by atomic mass is 10.1. The lowest BCUT2D eigenvalue weighted by molar-refractivity contribution is 0.0696. The van der Waals surface area contributed by atoms with E-state index in [2.05, 4.69) is 10.3 Å². The Morgan fingerprint density at radius 3 is 2.39 bits per heavy atom. The second-order valence-corrected chi connectivity index (χ2v) is 4.33. The van der Waals surface area contributed by atoms with Crippen LogP contribution >= 0.6 is 0 Å². The van der Waals surface area contributed by atoms with Crippen LogP contribution in [-0.2, 0) is 0 Å². The summed E-state index contributed by atoms with van der Waals surface area (Å²) in [6.07, 6.45) is 0. The molecule has 0 aliphatic carbocycles. The van der Waals surface area contributed by atoms with E-state index >= 15 is 0 Å². The number of pyridine rings is 1. The second-order valence-electron chi connectivity index (χ2n) is 4.33. The van der Waals surface area contributed by atoms with Crippen LogP contribution in [0.1, 0.15) is 35.8 Å². The van der Waals surface area contributed by atoms with E-state index in [1.807, 2.05) is 13.8 Å². The van der Waals surface area contributed by atoms with E-state index in [9.17, 15) is 4.79 Å². The minimum absolute atomic E-state index is 0.0894. The van der Waals surface area contributed by atoms with Gasteiger partial charge in [-0.25, -0.2) is 9.78 Å². The molecule has 6 heteroatoms. The number of aromatic carboxylic acids is 1. The molecule has 0 aliphatic heterocycles. The highest BCUT2D eigenvalue weighted by Crippen LogP contribution is 2.18. The Labute approximate surface area is 105 Å². The predicted octanol–water partition coefficient (Wildman–Crippen LogP) is 0.668. The van der Waals surface area contributed by atoms with Crippen LogP contribution in [-0.4, -0.2) is 45.5 Å². The molecule has 0 amide bonds. The summed E-state index contributed by atoms with van der Waals surface area (Å²) >= 11 is 0. The molecule has 0 saturated heterocycles. The summed E-state index contributed by atoms with van der Waals surface area (Å²) in [4.78, 5) is 15.3. The highest BCUT2D eigenvalue weighted by molar-refractivity contribution is 5.88. The van der Waals surface area contributed by atoms with Crippen molar-refractivity contribution < 1.29 is 20.1 Å². The SMILES string of the molecule is CC(C)c1cc(C(=O)O)cc(NC(CO)CO)n1. The molecule has 1 aromatic heterocycles. The Bertz CT molecular complexity index is 417. The molecule has 0 saturated carbocycles. The number of hydrogen-bond donors (Lipinski definition) is 4. The number of carboxylic acid groups (broad SMARTS) is 1. The van der Waals surface area contributed by atoms with Gasteiger partial charge in [0.1, 0.15) is 5.82 Å². The van der Waals surface area contributed by atoms with Gasteiger partial charge in [-0.15, -0.1) is 0 Å². The van der Waals surface area contributed by atoms with E-state index in [4.69, 9.17) is 15.3 Å². The molecule has 0 spiro atoms. The van der Waals surface area contributed by atoms with Gasteiger partial charge in [0.2, 0.25) is 0 Å². The van der Waals surface area contributed by atoms with E-state index < -0.39 is 12.0 Å². The number of aromatic nitrogens is 1. The first-order chi connectivity index (χ1) is 8.47. The maximum Gasteiger partial charge on any atom is 0.335 e. The van der Waals surface area contributed by atoms with Gasteiger partial charge in [-0.3, -0.25) is 0 Å². The molecule has 0 aromatic carbocycles. The normalized spacial score (nSPS) is 11.0. The van der Waals surface area contributed by atoms with Crippen LogP contribution < -0.4 is 5.32 Å². The number of carbonyl (C=O) groups is 1. The van der Waals surface area contributed by atoms with E-state index in [-0.39, 0.29) is 24.7 Å². The molecular formula is C12H18N2O4. The van der Waals surface area contributed by atoms with E-state index in [0.717, 1.165) is 0 Å². The van der Waals surface area contributed by atoms with E-state index in [0.29, 0.717) is 11.5 Å². The first-order valence-corrected chi connectivity index (χ1v) is 5.71. The fourth-order valence-corrected chi connectivity index (χ4v) is 1.40. The molecule has 0 aliphatic rings. The zero-order chi connectivity index (χ0) is 13.7. The molecular weight excluding hydrogens is 236 g/mol. The zero-order valence-electron chi connectivity index (χ0n) is 10.4. The van der Waals surface area contributed by atoms with Gasteiger partial charge >= 0.3 is 5.97 Å². The van der Waals surface area contributed by atoms with E-state index in [1.165, 1.54) is 12.1 Å². The van der Waals surface area contributed by atoms with Crippen LogP contribution in [0, 0.1) is 0 Å². The van der Waals surface area contributed by atoms with Crippen molar-refractivity contribution in [2.75, 3.05) is 18.5 Å². The summed E-state index contributed by atoms with van der Waals surface area (Å²) in [5, 5.41) is 29.8. The molecule has 0 bridgehead atoms. The smallest absolute Gasteiger partial charge is 0.335 e. The van der Waals surface area contributed by atoms with Crippen molar-refractivity contribution in [1.29, 1.82) is 0 Å². The largest absolute Gasteiger partial charge is 0.478 e. The van der Waals surface area contributed by atoms with Gasteiger partial charge in [0.15, 0.2) is 0 Å². The maximum atomic E-state index is 11.0. The van der Waals surface area contributed by atoms with Gasteiger partial charge < -0.3 is 20.6 Å². The summed E-state index contributed by atoms with van der Waals surface area (Å²) in [5.41, 5.74) is 0.776. The van der Waals surface area contributed by atoms with Gasteiger partial charge in [0.05, 0.1) is 24.8 Å². The highest BCUT2D eigenvalue weighted by atomic mass is 16.4. The van der Waals surface area contributed by atoms with E-state index in [1.54, 1.807) is 0 Å². The molecule has 4 N–H and O–H groups in total. The lowest BCUT2D eigenvalue weighted by Gasteiger charge is -2.16. The second kappa shape index (κ2) is 6.32. The number of anilines is 1. The quantitative estimate of drug-likeness (QED) is 0.595. The van der Waals surface area contributed by atoms with Gasteiger partial charge in [0.25, 0.3) is 0 Å². The third kappa shape index (κ3) is 3.68. The predicted molar refractivity (Wildman–Crippen MR) is 66.9 cm³/mol. The number of hydrogen-bond acceptors (Lipinski definition) is 5. The molecule has 0 fully saturated rings. The van der Waals surface area contributed by atoms with Crippen LogP contribution in [0.3, 0.4) is 0 Å². The summed E-state index contributed by atoms with van der Waals surface area (Å²) < 4.78 is 0. The number of aliphatic hydroxyl groups is 2. The van der Waals surface area contributed by atoms with Crippen molar-refractivity contribution in [3.8, 4) is 0 Å². The highest BCUT2D eigenvalue weighted by Gasteiger charge is 2.13. The molecule has 0 radical (unpaired) electrons. The van der Waals surface area contributed by atoms with Crippen molar-refractivity contribution in [1.82, 2.24) is 4.98 Å². The molecule has 0 unspecified atom stereocenters. The first-order valence-electron chi connectivity index (χ1n) is 5.71. The minimum Gasteiger partial charge on any atom is -0.478 e. The Kier molecular flexibility index (Phi) is 5.06. The Morgan fingerprint density at radius 1 is 1.33 bits per heavy atom. The summed E-state index contributed by atoms with van der Waals surface area (Å²) in [7, 11) is 0. The minimum atomic E-state index is -1.04. The Balaban J connectivity index is 3.06. The molecule has 1 aromatic rings. The fourth-order valence-electron chi connectivity index (χ4n) is 1.40. The van der Waals surface area contributed by atoms with Crippen molar-refractivity contribution in [2.24, 2.45) is 0 Å². The molecule has 18 heavy (non-hydrogen) atoms. The number of aliphatic hydroxyl groups excluding tert-OH is 2. The van der Waals surface area contributed by atoms with Crippen molar-refractivity contribution in [3.05, 3.63) is 23.4 Å². The van der Waals surface area contributed by atoms with Gasteiger partial charge in [-0.2, -0.15) is 0 Å². The van der Waals surface area contributed by atoms with Crippen LogP contribution in [0.4, 0.5) is 5.82 Å². The van der Waals surface area contributed by atoms with Gasteiger partial charge in [-0.1, -0.05) is 13.8 Å².